The summed E-state index contributed by atoms with van der Waals surface area (Å²) in [6, 6.07) is 5.59. The summed E-state index contributed by atoms with van der Waals surface area (Å²) in [5, 5.41) is 0. The number of nitrogens with two attached hydrogens (primary N) is 1. The number of fused-ring (bicyclic) bond motifs is 1. The van der Waals surface area contributed by atoms with Gasteiger partial charge in [-0.3, -0.25) is 4.79 Å². The number of benzene rings is 1. The lowest BCUT2D eigenvalue weighted by molar-refractivity contribution is 0.534. The van der Waals surface area contributed by atoms with E-state index in [1.54, 1.807) is 11.6 Å². The third-order valence-electron chi connectivity index (χ3n) is 4.13. The van der Waals surface area contributed by atoms with Gasteiger partial charge in [-0.2, -0.15) is 0 Å². The van der Waals surface area contributed by atoms with Gasteiger partial charge in [0.1, 0.15) is 5.52 Å². The summed E-state index contributed by atoms with van der Waals surface area (Å²) >= 11 is 0. The number of hydrogen-bond acceptors (Lipinski definition) is 4. The highest BCUT2D eigenvalue weighted by Gasteiger charge is 2.29. The zero-order valence-corrected chi connectivity index (χ0v) is 12.6. The van der Waals surface area contributed by atoms with E-state index < -0.39 is 0 Å². The van der Waals surface area contributed by atoms with E-state index >= 15 is 0 Å². The summed E-state index contributed by atoms with van der Waals surface area (Å²) in [6.45, 7) is 1.81. The monoisotopic (exact) mass is 295 g/mol. The average molecular weight is 295 g/mol. The number of rotatable bonds is 2. The minimum atomic E-state index is 0.000126. The van der Waals surface area contributed by atoms with Crippen molar-refractivity contribution < 1.29 is 4.42 Å². The van der Waals surface area contributed by atoms with Crippen molar-refractivity contribution >= 4 is 16.8 Å². The van der Waals surface area contributed by atoms with Crippen molar-refractivity contribution in [1.82, 2.24) is 9.55 Å². The highest BCUT2D eigenvalue weighted by Crippen LogP contribution is 2.42. The van der Waals surface area contributed by atoms with Crippen LogP contribution in [0.15, 0.2) is 33.6 Å². The fraction of sp³-hybridized carbons (Fsp3) is 0.294. The van der Waals surface area contributed by atoms with E-state index in [0.29, 0.717) is 17.2 Å². The van der Waals surface area contributed by atoms with Crippen LogP contribution in [0.5, 0.6) is 0 Å². The standard InChI is InChI=1S/C17H17N3O2/c1-9-5-11(8-20(2)17(9)21)13-6-12(18)7-14-15(13)22-16(19-14)10-3-4-10/h5-8,10H,3-4,18H2,1-2H3. The molecule has 5 nitrogen and oxygen atoms in total. The van der Waals surface area contributed by atoms with Crippen molar-refractivity contribution in [2.75, 3.05) is 5.73 Å². The first-order valence-electron chi connectivity index (χ1n) is 7.40. The number of nitrogen functional groups attached to an aromatic ring is 1. The predicted octanol–water partition coefficient (Wildman–Crippen LogP) is 2.96. The second kappa shape index (κ2) is 4.47. The van der Waals surface area contributed by atoms with Crippen LogP contribution in [0, 0.1) is 6.92 Å². The normalized spacial score (nSPS) is 14.6. The first-order valence-corrected chi connectivity index (χ1v) is 7.40. The molecular formula is C17H17N3O2. The molecule has 0 spiro atoms. The van der Waals surface area contributed by atoms with E-state index in [1.807, 2.05) is 31.3 Å². The van der Waals surface area contributed by atoms with E-state index in [-0.39, 0.29) is 5.56 Å². The molecule has 1 aliphatic rings. The first-order chi connectivity index (χ1) is 10.5. The van der Waals surface area contributed by atoms with Crippen LogP contribution >= 0.6 is 0 Å². The molecule has 4 rings (SSSR count). The van der Waals surface area contributed by atoms with Gasteiger partial charge in [0, 0.05) is 41.5 Å². The van der Waals surface area contributed by atoms with Crippen LogP contribution in [0.4, 0.5) is 5.69 Å². The molecule has 1 aliphatic carbocycles. The summed E-state index contributed by atoms with van der Waals surface area (Å²) in [7, 11) is 1.75. The third-order valence-corrected chi connectivity index (χ3v) is 4.13. The van der Waals surface area contributed by atoms with Gasteiger partial charge in [0.2, 0.25) is 0 Å². The van der Waals surface area contributed by atoms with Crippen LogP contribution in [0.1, 0.15) is 30.2 Å². The Morgan fingerprint density at radius 3 is 2.77 bits per heavy atom. The lowest BCUT2D eigenvalue weighted by Crippen LogP contribution is -2.18. The molecule has 2 heterocycles. The number of aryl methyl sites for hydroxylation is 2. The number of pyridine rings is 1. The molecule has 0 bridgehead atoms. The van der Waals surface area contributed by atoms with Crippen LogP contribution in [-0.4, -0.2) is 9.55 Å². The molecule has 2 aromatic heterocycles. The lowest BCUT2D eigenvalue weighted by atomic mass is 10.0. The number of aromatic nitrogens is 2. The maximum absolute atomic E-state index is 11.9. The average Bonchev–Trinajstić information content (AvgIpc) is 3.23. The van der Waals surface area contributed by atoms with Gasteiger partial charge < -0.3 is 14.7 Å². The molecular weight excluding hydrogens is 278 g/mol. The second-order valence-electron chi connectivity index (χ2n) is 6.07. The van der Waals surface area contributed by atoms with Gasteiger partial charge in [0.05, 0.1) is 0 Å². The van der Waals surface area contributed by atoms with Crippen LogP contribution in [0.3, 0.4) is 0 Å². The lowest BCUT2D eigenvalue weighted by Gasteiger charge is -2.07. The van der Waals surface area contributed by atoms with E-state index in [1.165, 1.54) is 0 Å². The van der Waals surface area contributed by atoms with Crippen molar-refractivity contribution in [2.45, 2.75) is 25.7 Å². The smallest absolute Gasteiger partial charge is 0.253 e. The van der Waals surface area contributed by atoms with Crippen molar-refractivity contribution in [3.05, 3.63) is 46.2 Å². The topological polar surface area (TPSA) is 74.0 Å². The Morgan fingerprint density at radius 1 is 1.32 bits per heavy atom. The minimum Gasteiger partial charge on any atom is -0.440 e. The Kier molecular flexibility index (Phi) is 2.66. The van der Waals surface area contributed by atoms with E-state index in [9.17, 15) is 4.79 Å². The van der Waals surface area contributed by atoms with Gasteiger partial charge >= 0.3 is 0 Å². The van der Waals surface area contributed by atoms with Crippen molar-refractivity contribution in [2.24, 2.45) is 7.05 Å². The summed E-state index contributed by atoms with van der Waals surface area (Å²) in [4.78, 5) is 16.5. The van der Waals surface area contributed by atoms with Gasteiger partial charge in [-0.05, 0) is 38.0 Å². The molecule has 1 aromatic carbocycles. The largest absolute Gasteiger partial charge is 0.440 e. The molecule has 0 atom stereocenters. The number of nitrogens with zero attached hydrogens (tertiary/aromatic N) is 2. The number of hydrogen-bond donors (Lipinski definition) is 1. The molecule has 1 fully saturated rings. The highest BCUT2D eigenvalue weighted by atomic mass is 16.3. The first kappa shape index (κ1) is 13.1. The maximum atomic E-state index is 11.9. The second-order valence-corrected chi connectivity index (χ2v) is 6.07. The van der Waals surface area contributed by atoms with Crippen LogP contribution in [0.25, 0.3) is 22.2 Å². The Balaban J connectivity index is 1.99. The van der Waals surface area contributed by atoms with Crippen LogP contribution < -0.4 is 11.3 Å². The van der Waals surface area contributed by atoms with Gasteiger partial charge in [-0.1, -0.05) is 0 Å². The van der Waals surface area contributed by atoms with Crippen molar-refractivity contribution in [3.8, 4) is 11.1 Å². The predicted molar refractivity (Wildman–Crippen MR) is 85.8 cm³/mol. The van der Waals surface area contributed by atoms with E-state index in [4.69, 9.17) is 10.2 Å². The molecule has 2 N–H and O–H groups in total. The fourth-order valence-corrected chi connectivity index (χ4v) is 2.82. The van der Waals surface area contributed by atoms with E-state index in [0.717, 1.165) is 41.0 Å². The summed E-state index contributed by atoms with van der Waals surface area (Å²) < 4.78 is 7.57. The molecule has 0 amide bonds. The third kappa shape index (κ3) is 2.01. The number of oxazole rings is 1. The molecule has 1 saturated carbocycles. The molecule has 22 heavy (non-hydrogen) atoms. The summed E-state index contributed by atoms with van der Waals surface area (Å²) in [6.07, 6.45) is 4.08. The molecule has 0 saturated heterocycles. The van der Waals surface area contributed by atoms with Crippen molar-refractivity contribution in [3.63, 3.8) is 0 Å². The van der Waals surface area contributed by atoms with Crippen molar-refractivity contribution in [1.29, 1.82) is 0 Å². The molecule has 3 aromatic rings. The molecule has 0 unspecified atom stereocenters. The SMILES string of the molecule is Cc1cc(-c2cc(N)cc3nc(C4CC4)oc23)cn(C)c1=O. The Labute approximate surface area is 127 Å². The summed E-state index contributed by atoms with van der Waals surface area (Å²) in [5.41, 5.74) is 10.7. The van der Waals surface area contributed by atoms with Gasteiger partial charge in [0.25, 0.3) is 5.56 Å². The van der Waals surface area contributed by atoms with Gasteiger partial charge in [0.15, 0.2) is 11.5 Å². The van der Waals surface area contributed by atoms with Gasteiger partial charge in [-0.25, -0.2) is 4.98 Å². The van der Waals surface area contributed by atoms with Crippen LogP contribution in [-0.2, 0) is 7.05 Å². The molecule has 5 heteroatoms. The zero-order chi connectivity index (χ0) is 15.4. The van der Waals surface area contributed by atoms with E-state index in [2.05, 4.69) is 4.98 Å². The summed E-state index contributed by atoms with van der Waals surface area (Å²) in [5.74, 6) is 1.24. The Morgan fingerprint density at radius 2 is 2.09 bits per heavy atom. The fourth-order valence-electron chi connectivity index (χ4n) is 2.82. The zero-order valence-electron chi connectivity index (χ0n) is 12.6. The van der Waals surface area contributed by atoms with Gasteiger partial charge in [-0.15, -0.1) is 0 Å². The van der Waals surface area contributed by atoms with Crippen LogP contribution in [0.2, 0.25) is 0 Å². The molecule has 112 valence electrons. The highest BCUT2D eigenvalue weighted by molar-refractivity contribution is 5.93. The molecule has 0 radical (unpaired) electrons. The maximum Gasteiger partial charge on any atom is 0.253 e. The number of anilines is 1. The molecule has 0 aliphatic heterocycles. The Hall–Kier alpha value is -2.56. The Bertz CT molecular complexity index is 922. The quantitative estimate of drug-likeness (QED) is 0.738. The minimum absolute atomic E-state index is 0.000126.